The maximum atomic E-state index is 13.9. The Labute approximate surface area is 254 Å². The second-order valence-corrected chi connectivity index (χ2v) is 11.6. The van der Waals surface area contributed by atoms with Gasteiger partial charge in [0.1, 0.15) is 12.4 Å². The van der Waals surface area contributed by atoms with Crippen molar-refractivity contribution in [3.63, 3.8) is 0 Å². The third kappa shape index (κ3) is 11.0. The fraction of sp³-hybridized carbons (Fsp3) is 0.441. The highest BCUT2D eigenvalue weighted by Gasteiger charge is 2.36. The number of hydrogen-bond donors (Lipinski definition) is 3. The number of hydroxylamine groups is 1. The molecule has 1 unspecified atom stereocenters. The number of rotatable bonds is 18. The molecular weight excluding hydrogens is 546 g/mol. The maximum Gasteiger partial charge on any atom is 0.247 e. The number of nitrogens with one attached hydrogen (secondary N) is 2. The van der Waals surface area contributed by atoms with Crippen LogP contribution >= 0.6 is 0 Å². The maximum absolute atomic E-state index is 13.9. The van der Waals surface area contributed by atoms with Gasteiger partial charge in [0.15, 0.2) is 5.76 Å². The van der Waals surface area contributed by atoms with E-state index in [1.807, 2.05) is 87.4 Å². The molecule has 1 aromatic heterocycles. The highest BCUT2D eigenvalue weighted by Crippen LogP contribution is 2.27. The van der Waals surface area contributed by atoms with Gasteiger partial charge in [0.2, 0.25) is 17.6 Å². The van der Waals surface area contributed by atoms with E-state index in [9.17, 15) is 19.6 Å². The minimum atomic E-state index is -0.920. The lowest BCUT2D eigenvalue weighted by atomic mass is 9.80. The normalized spacial score (nSPS) is 13.4. The van der Waals surface area contributed by atoms with Crippen LogP contribution < -0.4 is 15.5 Å². The van der Waals surface area contributed by atoms with E-state index in [2.05, 4.69) is 5.32 Å². The van der Waals surface area contributed by atoms with Crippen LogP contribution in [0.4, 0.5) is 0 Å². The first kappa shape index (κ1) is 33.6. The van der Waals surface area contributed by atoms with Crippen molar-refractivity contribution < 1.29 is 28.7 Å². The van der Waals surface area contributed by atoms with Crippen molar-refractivity contribution in [2.75, 3.05) is 27.2 Å². The summed E-state index contributed by atoms with van der Waals surface area (Å²) in [6.45, 7) is 5.29. The van der Waals surface area contributed by atoms with Crippen LogP contribution in [0.5, 0.6) is 5.75 Å². The molecule has 9 nitrogen and oxygen atoms in total. The lowest BCUT2D eigenvalue weighted by Gasteiger charge is -2.28. The van der Waals surface area contributed by atoms with Crippen molar-refractivity contribution in [1.29, 1.82) is 0 Å². The van der Waals surface area contributed by atoms with Crippen molar-refractivity contribution in [3.8, 4) is 5.75 Å². The van der Waals surface area contributed by atoms with E-state index >= 15 is 0 Å². The molecule has 232 valence electrons. The summed E-state index contributed by atoms with van der Waals surface area (Å²) in [4.78, 5) is 42.3. The van der Waals surface area contributed by atoms with Crippen molar-refractivity contribution in [1.82, 2.24) is 15.7 Å². The van der Waals surface area contributed by atoms with E-state index in [-0.39, 0.29) is 23.9 Å². The molecular formula is C34H45N3O6. The summed E-state index contributed by atoms with van der Waals surface area (Å²) in [5.74, 6) is -1.94. The van der Waals surface area contributed by atoms with Gasteiger partial charge in [-0.3, -0.25) is 19.6 Å². The zero-order valence-corrected chi connectivity index (χ0v) is 25.6. The summed E-state index contributed by atoms with van der Waals surface area (Å²) in [5.41, 5.74) is 3.74. The van der Waals surface area contributed by atoms with Crippen LogP contribution in [0.1, 0.15) is 54.8 Å². The number of benzene rings is 2. The number of ether oxygens (including phenoxy) is 1. The molecule has 0 spiro atoms. The number of carbonyl (C=O) groups is 3. The largest absolute Gasteiger partial charge is 0.492 e. The van der Waals surface area contributed by atoms with Crippen molar-refractivity contribution >= 4 is 17.6 Å². The molecule has 0 bridgehead atoms. The number of likely N-dealkylation sites (N-methyl/N-ethyl adjacent to an activating group) is 1. The average Bonchev–Trinajstić information content (AvgIpc) is 3.53. The predicted molar refractivity (Wildman–Crippen MR) is 165 cm³/mol. The summed E-state index contributed by atoms with van der Waals surface area (Å²) in [7, 11) is 3.96. The number of furan rings is 1. The lowest BCUT2D eigenvalue weighted by molar-refractivity contribution is -0.141. The topological polar surface area (TPSA) is 121 Å². The Balaban J connectivity index is 1.79. The van der Waals surface area contributed by atoms with E-state index in [0.717, 1.165) is 24.1 Å². The number of hydrogen-bond acceptors (Lipinski definition) is 7. The number of carbonyl (C=O) groups excluding carboxylic acids is 3. The summed E-state index contributed by atoms with van der Waals surface area (Å²) in [5, 5.41) is 12.5. The molecule has 0 saturated heterocycles. The van der Waals surface area contributed by atoms with Gasteiger partial charge in [-0.05, 0) is 81.1 Å². The van der Waals surface area contributed by atoms with E-state index in [1.54, 1.807) is 17.6 Å². The van der Waals surface area contributed by atoms with E-state index in [0.29, 0.717) is 31.6 Å². The van der Waals surface area contributed by atoms with Crippen LogP contribution in [0.15, 0.2) is 77.4 Å². The molecule has 43 heavy (non-hydrogen) atoms. The minimum Gasteiger partial charge on any atom is -0.492 e. The third-order valence-corrected chi connectivity index (χ3v) is 7.39. The molecule has 1 heterocycles. The van der Waals surface area contributed by atoms with Gasteiger partial charge in [0.05, 0.1) is 18.2 Å². The molecule has 2 amide bonds. The SMILES string of the molecule is CC(C)C[C@@H](C(=O)N[C@@H](Cc1ccc(OCCN(C)C)cc1)C(=O)c1ccco1)C(CCCc1ccccc1)C(=O)NO. The Kier molecular flexibility index (Phi) is 13.4. The average molecular weight is 592 g/mol. The molecule has 0 aliphatic rings. The van der Waals surface area contributed by atoms with Gasteiger partial charge >= 0.3 is 0 Å². The number of nitrogens with zero attached hydrogens (tertiary/aromatic N) is 1. The first-order valence-electron chi connectivity index (χ1n) is 14.9. The summed E-state index contributed by atoms with van der Waals surface area (Å²) >= 11 is 0. The Morgan fingerprint density at radius 1 is 0.907 bits per heavy atom. The van der Waals surface area contributed by atoms with E-state index in [1.165, 1.54) is 6.26 Å². The predicted octanol–water partition coefficient (Wildman–Crippen LogP) is 4.94. The molecule has 3 atom stereocenters. The second-order valence-electron chi connectivity index (χ2n) is 11.6. The third-order valence-electron chi connectivity index (χ3n) is 7.39. The van der Waals surface area contributed by atoms with E-state index < -0.39 is 29.7 Å². The van der Waals surface area contributed by atoms with Gasteiger partial charge in [0, 0.05) is 18.9 Å². The Hall–Kier alpha value is -3.95. The van der Waals surface area contributed by atoms with Crippen molar-refractivity contribution in [3.05, 3.63) is 89.9 Å². The van der Waals surface area contributed by atoms with Crippen LogP contribution in [0.2, 0.25) is 0 Å². The van der Waals surface area contributed by atoms with Gasteiger partial charge in [-0.25, -0.2) is 5.48 Å². The van der Waals surface area contributed by atoms with Gasteiger partial charge in [-0.2, -0.15) is 0 Å². The molecule has 3 N–H and O–H groups in total. The highest BCUT2D eigenvalue weighted by atomic mass is 16.5. The van der Waals surface area contributed by atoms with Crippen LogP contribution in [0.25, 0.3) is 0 Å². The fourth-order valence-electron chi connectivity index (χ4n) is 5.11. The lowest BCUT2D eigenvalue weighted by Crippen LogP contribution is -2.48. The number of ketones is 1. The van der Waals surface area contributed by atoms with E-state index in [4.69, 9.17) is 9.15 Å². The van der Waals surface area contributed by atoms with Crippen LogP contribution in [-0.2, 0) is 22.4 Å². The van der Waals surface area contributed by atoms with Gasteiger partial charge in [0.25, 0.3) is 0 Å². The van der Waals surface area contributed by atoms with Crippen LogP contribution in [-0.4, -0.2) is 61.0 Å². The Morgan fingerprint density at radius 2 is 1.63 bits per heavy atom. The molecule has 2 aromatic carbocycles. The van der Waals surface area contributed by atoms with Gasteiger partial charge < -0.3 is 19.4 Å². The highest BCUT2D eigenvalue weighted by molar-refractivity contribution is 6.00. The molecule has 0 radical (unpaired) electrons. The van der Waals surface area contributed by atoms with Gasteiger partial charge in [-0.15, -0.1) is 0 Å². The molecule has 3 aromatic rings. The zero-order valence-electron chi connectivity index (χ0n) is 25.6. The monoisotopic (exact) mass is 591 g/mol. The standard InChI is InChI=1S/C34H45N3O6/c1-24(2)22-29(28(34(40)36-41)13-8-12-25-10-6-5-7-11-25)33(39)35-30(32(38)31-14-9-20-43-31)23-26-15-17-27(18-16-26)42-21-19-37(3)4/h5-7,9-11,14-18,20,24,28-30,41H,8,12-13,19,21-23H2,1-4H3,(H,35,39)(H,36,40)/t28?,29-,30+/m1/s1. The van der Waals surface area contributed by atoms with Crippen LogP contribution in [0.3, 0.4) is 0 Å². The number of Topliss-reactive ketones (excluding diaryl/α,β-unsaturated/α-hetero) is 1. The quantitative estimate of drug-likeness (QED) is 0.109. The summed E-state index contributed by atoms with van der Waals surface area (Å²) in [6.07, 6.45) is 3.85. The first-order chi connectivity index (χ1) is 20.7. The number of aryl methyl sites for hydroxylation is 1. The fourth-order valence-corrected chi connectivity index (χ4v) is 5.11. The summed E-state index contributed by atoms with van der Waals surface area (Å²) in [6, 6.07) is 19.6. The molecule has 0 fully saturated rings. The smallest absolute Gasteiger partial charge is 0.247 e. The summed E-state index contributed by atoms with van der Waals surface area (Å²) < 4.78 is 11.2. The molecule has 3 rings (SSSR count). The Bertz CT molecular complexity index is 1260. The molecule has 0 aliphatic heterocycles. The molecule has 0 saturated carbocycles. The molecule has 0 aliphatic carbocycles. The second kappa shape index (κ2) is 17.2. The van der Waals surface area contributed by atoms with Crippen molar-refractivity contribution in [2.24, 2.45) is 17.8 Å². The Morgan fingerprint density at radius 3 is 2.23 bits per heavy atom. The van der Waals surface area contributed by atoms with Crippen molar-refractivity contribution in [2.45, 2.75) is 52.0 Å². The minimum absolute atomic E-state index is 0.0955. The van der Waals surface area contributed by atoms with Gasteiger partial charge in [-0.1, -0.05) is 56.3 Å². The first-order valence-corrected chi connectivity index (χ1v) is 14.9. The van der Waals surface area contributed by atoms with Crippen LogP contribution in [0, 0.1) is 17.8 Å². The zero-order chi connectivity index (χ0) is 31.2. The number of amides is 2. The molecule has 9 heteroatoms.